The first-order valence-corrected chi connectivity index (χ1v) is 48.3. The quantitative estimate of drug-likeness (QED) is 0.0111. The number of para-hydroxylation sites is 1. The van der Waals surface area contributed by atoms with Crippen LogP contribution in [0.4, 0.5) is 5.69 Å². The molecule has 3 heterocycles. The Bertz CT molecular complexity index is 5110. The molecular weight excluding hydrogens is 1920 g/mol. The normalized spacial score (nSPS) is 15.0. The Hall–Kier alpha value is -15.0. The molecule has 54 nitrogen and oxygen atoms in total. The number of amides is 19. The van der Waals surface area contributed by atoms with Crippen LogP contribution < -0.4 is 114 Å². The average molecular weight is 2060 g/mol. The first kappa shape index (κ1) is 120. The standard InChI is InChI=1S/C90H137N29O25S/c1-8-12-59(110-82(137)60(15-11-25-98-90(95)96)111-83(138)61(20-22-67(91)120)109-80(135)52-16-18-54(19-17-52)105-70(123)41-100-73(126)44-116-26-28-117(45-74(127)128)30-32-119(47-76(131)132)33-31-118(29-27-116)46-75(129)130)81(136)101-42-71(124)107-66(38-69(93)122)88(143)112-62(21-23-68(92)121)84(139)114-64(36-53-39-99-57-14-10-9-13-56(53)57)85(140)104-51(6)79(134)115-77(50(4)5)89(144)102-43-72(125)106-65(37-55-40-97-48-103-55)87(142)113-63(35-49(2)3)86(141)108-58(78(94)133)24-34-145-7/h9-10,13-14,16-19,39-40,48-51,58-66,77,99H,8,11-12,15,20-38,41-47H2,1-7H3,(H2,91,120)(H2,92,121)(H2,93,122)(H2,94,133)(H,97,103)(H,100,126)(H,101,136)(H,102,144)(H,104,140)(H,105,123)(H,106,125)(H,107,124)(H,108,141)(H,109,135)(H,110,137)(H,111,138)(H,112,143)(H,113,142)(H,114,139)(H,115,134)(H,127,128)(H,129,130)(H,131,132)(H4,95,96,98)/t51-,58-,59-,60-,61-,62-,63-,64-,65-,66-,77-/m0/s1. The Balaban J connectivity index is 1.25. The Kier molecular flexibility index (Phi) is 51.9. The van der Waals surface area contributed by atoms with Crippen LogP contribution in [-0.4, -0.2) is 369 Å². The maximum Gasteiger partial charge on any atom is 0.317 e. The molecule has 145 heavy (non-hydrogen) atoms. The van der Waals surface area contributed by atoms with Gasteiger partial charge in [0.1, 0.15) is 66.5 Å². The molecule has 2 aromatic heterocycles. The second kappa shape index (κ2) is 62.4. The van der Waals surface area contributed by atoms with Gasteiger partial charge in [0.2, 0.25) is 106 Å². The van der Waals surface area contributed by atoms with Crippen LogP contribution in [-0.2, 0) is 114 Å². The van der Waals surface area contributed by atoms with E-state index >= 15 is 0 Å². The lowest BCUT2D eigenvalue weighted by molar-refractivity contribution is -0.140. The lowest BCUT2D eigenvalue weighted by atomic mass is 10.0. The van der Waals surface area contributed by atoms with E-state index in [1.807, 2.05) is 6.26 Å². The van der Waals surface area contributed by atoms with Crippen molar-refractivity contribution in [1.29, 1.82) is 5.41 Å². The third-order valence-electron chi connectivity index (χ3n) is 22.6. The third kappa shape index (κ3) is 45.9. The highest BCUT2D eigenvalue weighted by atomic mass is 32.2. The third-order valence-corrected chi connectivity index (χ3v) is 23.2. The number of aromatic amines is 2. The number of primary amides is 4. The summed E-state index contributed by atoms with van der Waals surface area (Å²) in [7, 11) is 0. The molecule has 0 aliphatic carbocycles. The number of nitrogens with two attached hydrogens (primary N) is 5. The summed E-state index contributed by atoms with van der Waals surface area (Å²) >= 11 is 1.43. The first-order valence-electron chi connectivity index (χ1n) is 46.9. The first-order chi connectivity index (χ1) is 68.6. The topological polar surface area (TPSA) is 840 Å². The number of anilines is 1. The predicted octanol–water partition coefficient (Wildman–Crippen LogP) is -8.48. The molecule has 1 fully saturated rings. The lowest BCUT2D eigenvalue weighted by Crippen LogP contribution is -2.60. The van der Waals surface area contributed by atoms with Crippen molar-refractivity contribution in [1.82, 2.24) is 114 Å². The van der Waals surface area contributed by atoms with E-state index in [-0.39, 0.29) is 141 Å². The van der Waals surface area contributed by atoms with E-state index in [0.717, 1.165) is 0 Å². The highest BCUT2D eigenvalue weighted by Gasteiger charge is 2.38. The fourth-order valence-electron chi connectivity index (χ4n) is 14.9. The lowest BCUT2D eigenvalue weighted by Gasteiger charge is -2.32. The Labute approximate surface area is 839 Å². The van der Waals surface area contributed by atoms with Gasteiger partial charge in [-0.15, -0.1) is 0 Å². The maximum absolute atomic E-state index is 14.7. The number of nitrogens with zero attached hydrogens (tertiary/aromatic N) is 5. The molecule has 1 aliphatic rings. The number of benzene rings is 2. The number of carbonyl (C=O) groups is 22. The number of carboxylic acid groups (broad SMARTS) is 3. The number of carboxylic acids is 3. The van der Waals surface area contributed by atoms with Gasteiger partial charge in [-0.05, 0) is 112 Å². The number of aromatic nitrogens is 3. The highest BCUT2D eigenvalue weighted by Crippen LogP contribution is 2.21. The second-order valence-electron chi connectivity index (χ2n) is 35.3. The number of H-pyrrole nitrogens is 2. The fourth-order valence-corrected chi connectivity index (χ4v) is 15.4. The summed E-state index contributed by atoms with van der Waals surface area (Å²) in [5.74, 6) is -22.2. The molecule has 0 saturated carbocycles. The molecule has 0 unspecified atom stereocenters. The smallest absolute Gasteiger partial charge is 0.317 e. The van der Waals surface area contributed by atoms with Gasteiger partial charge >= 0.3 is 17.9 Å². The van der Waals surface area contributed by atoms with E-state index in [0.29, 0.717) is 27.9 Å². The molecule has 2 aromatic carbocycles. The Morgan fingerprint density at radius 1 is 0.448 bits per heavy atom. The number of rotatable bonds is 62. The predicted molar refractivity (Wildman–Crippen MR) is 525 cm³/mol. The molecule has 1 aliphatic heterocycles. The van der Waals surface area contributed by atoms with Crippen LogP contribution in [0.25, 0.3) is 10.9 Å². The molecule has 11 atom stereocenters. The number of hydrogen-bond acceptors (Lipinski definition) is 29. The second-order valence-corrected chi connectivity index (χ2v) is 36.3. The monoisotopic (exact) mass is 2060 g/mol. The van der Waals surface area contributed by atoms with Gasteiger partial charge in [0.15, 0.2) is 5.96 Å². The molecule has 4 aromatic rings. The van der Waals surface area contributed by atoms with Gasteiger partial charge in [0, 0.05) is 119 Å². The maximum atomic E-state index is 14.7. The van der Waals surface area contributed by atoms with Crippen molar-refractivity contribution in [3.63, 3.8) is 0 Å². The summed E-state index contributed by atoms with van der Waals surface area (Å²) in [5, 5.41) is 76.9. The number of nitrogens with one attached hydrogen (secondary N) is 19. The van der Waals surface area contributed by atoms with Crippen LogP contribution in [0.1, 0.15) is 134 Å². The van der Waals surface area contributed by atoms with Crippen molar-refractivity contribution < 1.29 is 121 Å². The summed E-state index contributed by atoms with van der Waals surface area (Å²) in [6, 6.07) is -4.57. The van der Waals surface area contributed by atoms with Gasteiger partial charge in [-0.25, -0.2) is 4.98 Å². The van der Waals surface area contributed by atoms with Crippen LogP contribution in [0.3, 0.4) is 0 Å². The van der Waals surface area contributed by atoms with Crippen molar-refractivity contribution in [2.75, 3.05) is 122 Å². The zero-order valence-electron chi connectivity index (χ0n) is 81.9. The van der Waals surface area contributed by atoms with Gasteiger partial charge in [-0.3, -0.25) is 130 Å². The van der Waals surface area contributed by atoms with Crippen LogP contribution in [0.15, 0.2) is 67.3 Å². The Morgan fingerprint density at radius 2 is 0.910 bits per heavy atom. The molecule has 1 saturated heterocycles. The zero-order chi connectivity index (χ0) is 108. The minimum atomic E-state index is -1.94. The van der Waals surface area contributed by atoms with Gasteiger partial charge in [0.05, 0.1) is 64.3 Å². The number of guanidine groups is 1. The van der Waals surface area contributed by atoms with Crippen LogP contribution >= 0.6 is 11.8 Å². The summed E-state index contributed by atoms with van der Waals surface area (Å²) < 4.78 is 0. The van der Waals surface area contributed by atoms with E-state index in [1.54, 1.807) is 84.7 Å². The molecule has 0 radical (unpaired) electrons. The molecule has 5 rings (SSSR count). The molecule has 55 heteroatoms. The highest BCUT2D eigenvalue weighted by molar-refractivity contribution is 7.98. The summed E-state index contributed by atoms with van der Waals surface area (Å²) in [6.07, 6.45) is 2.80. The summed E-state index contributed by atoms with van der Waals surface area (Å²) in [4.78, 5) is 311. The van der Waals surface area contributed by atoms with Crippen LogP contribution in [0.2, 0.25) is 0 Å². The molecule has 0 spiro atoms. The van der Waals surface area contributed by atoms with E-state index < -0.39 is 273 Å². The number of carbonyl (C=O) groups excluding carboxylic acids is 19. The molecule has 798 valence electrons. The van der Waals surface area contributed by atoms with Crippen molar-refractivity contribution in [2.24, 2.45) is 40.5 Å². The minimum absolute atomic E-state index is 0.0180. The fraction of sp³-hybridized carbons (Fsp3) is 0.556. The van der Waals surface area contributed by atoms with E-state index in [4.69, 9.17) is 34.1 Å². The van der Waals surface area contributed by atoms with E-state index in [2.05, 4.69) is 100 Å². The van der Waals surface area contributed by atoms with Crippen molar-refractivity contribution in [3.8, 4) is 0 Å². The molecular formula is C90H137N29O25S. The number of hydrogen-bond donors (Lipinski definition) is 27. The average Bonchev–Trinajstić information content (AvgIpc) is 1.68. The van der Waals surface area contributed by atoms with Crippen molar-refractivity contribution in [2.45, 2.75) is 191 Å². The van der Waals surface area contributed by atoms with E-state index in [9.17, 15) is 121 Å². The molecule has 0 bridgehead atoms. The van der Waals surface area contributed by atoms with Gasteiger partial charge in [0.25, 0.3) is 5.91 Å². The number of thioether (sulfide) groups is 1. The number of imidazole rings is 1. The van der Waals surface area contributed by atoms with E-state index in [1.165, 1.54) is 55.5 Å². The molecule has 19 amide bonds. The number of fused-ring (bicyclic) bond motifs is 1. The van der Waals surface area contributed by atoms with Gasteiger partial charge in [-0.2, -0.15) is 11.8 Å². The van der Waals surface area contributed by atoms with Crippen molar-refractivity contribution in [3.05, 3.63) is 84.1 Å². The van der Waals surface area contributed by atoms with Crippen LogP contribution in [0.5, 0.6) is 0 Å². The summed E-state index contributed by atoms with van der Waals surface area (Å²) in [6.45, 7) is 6.94. The largest absolute Gasteiger partial charge is 0.480 e. The van der Waals surface area contributed by atoms with Crippen LogP contribution in [0, 0.1) is 17.2 Å². The van der Waals surface area contributed by atoms with Gasteiger partial charge < -0.3 is 139 Å². The van der Waals surface area contributed by atoms with Crippen molar-refractivity contribution >= 4 is 164 Å². The molecule has 32 N–H and O–H groups in total. The van der Waals surface area contributed by atoms with Gasteiger partial charge in [-0.1, -0.05) is 59.2 Å². The Morgan fingerprint density at radius 3 is 1.41 bits per heavy atom. The SMILES string of the molecule is CCC[C@H](NC(=O)[C@H](CCCNC(=N)N)NC(=O)[C@H](CCC(N)=O)NC(=O)c1ccc(NC(=O)CNC(=O)CN2CCN(CC(=O)O)CCN(CC(=O)O)CCN(CC(=O)O)CC2)cc1)C(=O)NCC(=O)N[C@@H](CC(N)=O)C(=O)N[C@@H](CCC(N)=O)C(=O)N[C@@H](Cc1c[nH]c2ccccc12)C(=O)N[C@@H](C)C(=O)N[C@H](C(=O)NCC(=O)N[C@@H](Cc1c[nH]cn1)C(=O)N[C@@H](CC(C)C)C(=O)N[C@@H](CCSC)C(N)=O)C(C)C. The zero-order valence-corrected chi connectivity index (χ0v) is 82.7. The minimum Gasteiger partial charge on any atom is -0.480 e. The summed E-state index contributed by atoms with van der Waals surface area (Å²) in [5.41, 5.74) is 29.1. The number of aliphatic carboxylic acids is 3.